The first-order valence-electron chi connectivity index (χ1n) is 5.54. The van der Waals surface area contributed by atoms with E-state index < -0.39 is 0 Å². The topological polar surface area (TPSA) is 61.4 Å². The van der Waals surface area contributed by atoms with E-state index >= 15 is 0 Å². The minimum atomic E-state index is -0.132. The Morgan fingerprint density at radius 3 is 2.82 bits per heavy atom. The maximum absolute atomic E-state index is 11.5. The number of hydrogen-bond acceptors (Lipinski definition) is 3. The number of phenols is 1. The van der Waals surface area contributed by atoms with Gasteiger partial charge in [-0.2, -0.15) is 0 Å². The van der Waals surface area contributed by atoms with Gasteiger partial charge in [-0.3, -0.25) is 4.79 Å². The molecule has 17 heavy (non-hydrogen) atoms. The van der Waals surface area contributed by atoms with Crippen LogP contribution in [0.1, 0.15) is 20.3 Å². The van der Waals surface area contributed by atoms with E-state index in [1.807, 2.05) is 6.92 Å². The Bertz CT molecular complexity index is 396. The van der Waals surface area contributed by atoms with Crippen LogP contribution in [0.25, 0.3) is 0 Å². The predicted molar refractivity (Wildman–Crippen MR) is 69.5 cm³/mol. The molecule has 1 unspecified atom stereocenters. The average molecular weight is 257 g/mol. The third-order valence-electron chi connectivity index (χ3n) is 2.45. The lowest BCUT2D eigenvalue weighted by atomic mass is 10.2. The average Bonchev–Trinajstić information content (AvgIpc) is 2.31. The molecule has 0 saturated heterocycles. The number of phenolic OH excluding ortho intramolecular Hbond substituents is 1. The molecule has 1 rings (SSSR count). The number of benzene rings is 1. The van der Waals surface area contributed by atoms with Gasteiger partial charge < -0.3 is 15.7 Å². The lowest BCUT2D eigenvalue weighted by molar-refractivity contribution is -0.115. The lowest BCUT2D eigenvalue weighted by Gasteiger charge is -2.11. The summed E-state index contributed by atoms with van der Waals surface area (Å²) >= 11 is 5.73. The first-order valence-corrected chi connectivity index (χ1v) is 5.92. The zero-order chi connectivity index (χ0) is 12.8. The maximum Gasteiger partial charge on any atom is 0.238 e. The highest BCUT2D eigenvalue weighted by atomic mass is 35.5. The van der Waals surface area contributed by atoms with E-state index in [9.17, 15) is 9.90 Å². The highest BCUT2D eigenvalue weighted by molar-refractivity contribution is 6.32. The number of aromatic hydroxyl groups is 1. The Morgan fingerprint density at radius 2 is 2.24 bits per heavy atom. The van der Waals surface area contributed by atoms with Crippen molar-refractivity contribution in [3.05, 3.63) is 23.2 Å². The summed E-state index contributed by atoms with van der Waals surface area (Å²) in [6, 6.07) is 4.87. The summed E-state index contributed by atoms with van der Waals surface area (Å²) < 4.78 is 0. The molecular formula is C12H17ClN2O2. The summed E-state index contributed by atoms with van der Waals surface area (Å²) in [7, 11) is 0. The fraction of sp³-hybridized carbons (Fsp3) is 0.417. The Kier molecular flexibility index (Phi) is 5.25. The molecule has 5 heteroatoms. The molecule has 0 saturated carbocycles. The Morgan fingerprint density at radius 1 is 1.53 bits per heavy atom. The van der Waals surface area contributed by atoms with Gasteiger partial charge in [0, 0.05) is 11.7 Å². The van der Waals surface area contributed by atoms with E-state index in [0.717, 1.165) is 6.42 Å². The number of amides is 1. The molecule has 94 valence electrons. The molecule has 1 aromatic carbocycles. The minimum Gasteiger partial charge on any atom is -0.506 e. The molecule has 0 spiro atoms. The number of halogens is 1. The standard InChI is InChI=1S/C12H17ClN2O2/c1-3-8(2)14-7-12(17)15-9-4-5-11(16)10(13)6-9/h4-6,8,14,16H,3,7H2,1-2H3,(H,15,17). The van der Waals surface area contributed by atoms with Crippen LogP contribution in [0.15, 0.2) is 18.2 Å². The van der Waals surface area contributed by atoms with Crippen LogP contribution in [-0.4, -0.2) is 23.6 Å². The third-order valence-corrected chi connectivity index (χ3v) is 2.76. The SMILES string of the molecule is CCC(C)NCC(=O)Nc1ccc(O)c(Cl)c1. The zero-order valence-corrected chi connectivity index (χ0v) is 10.7. The van der Waals surface area contributed by atoms with Crippen molar-refractivity contribution in [3.63, 3.8) is 0 Å². The molecule has 0 aliphatic carbocycles. The van der Waals surface area contributed by atoms with Crippen LogP contribution in [0, 0.1) is 0 Å². The molecule has 0 aliphatic rings. The van der Waals surface area contributed by atoms with Crippen molar-refractivity contribution < 1.29 is 9.90 Å². The van der Waals surface area contributed by atoms with Crippen molar-refractivity contribution in [2.45, 2.75) is 26.3 Å². The lowest BCUT2D eigenvalue weighted by Crippen LogP contribution is -2.33. The highest BCUT2D eigenvalue weighted by Gasteiger charge is 2.06. The zero-order valence-electron chi connectivity index (χ0n) is 9.96. The van der Waals surface area contributed by atoms with Crippen molar-refractivity contribution in [3.8, 4) is 5.75 Å². The second-order valence-electron chi connectivity index (χ2n) is 3.90. The number of nitrogens with one attached hydrogen (secondary N) is 2. The molecule has 4 nitrogen and oxygen atoms in total. The summed E-state index contributed by atoms with van der Waals surface area (Å²) in [5.41, 5.74) is 0.573. The van der Waals surface area contributed by atoms with Crippen LogP contribution in [0.2, 0.25) is 5.02 Å². The summed E-state index contributed by atoms with van der Waals surface area (Å²) in [4.78, 5) is 11.5. The normalized spacial score (nSPS) is 12.2. The predicted octanol–water partition coefficient (Wildman–Crippen LogP) is 2.37. The van der Waals surface area contributed by atoms with Crippen LogP contribution in [0.4, 0.5) is 5.69 Å². The number of hydrogen-bond donors (Lipinski definition) is 3. The van der Waals surface area contributed by atoms with Gasteiger partial charge in [-0.25, -0.2) is 0 Å². The summed E-state index contributed by atoms with van der Waals surface area (Å²) in [5, 5.41) is 15.2. The molecule has 1 atom stereocenters. The van der Waals surface area contributed by atoms with Gasteiger partial charge in [0.05, 0.1) is 11.6 Å². The molecule has 0 heterocycles. The molecule has 0 radical (unpaired) electrons. The van der Waals surface area contributed by atoms with Gasteiger partial charge in [0.2, 0.25) is 5.91 Å². The highest BCUT2D eigenvalue weighted by Crippen LogP contribution is 2.25. The van der Waals surface area contributed by atoms with E-state index in [0.29, 0.717) is 11.7 Å². The molecule has 3 N–H and O–H groups in total. The largest absolute Gasteiger partial charge is 0.506 e. The number of carbonyl (C=O) groups excluding carboxylic acids is 1. The molecular weight excluding hydrogens is 240 g/mol. The first kappa shape index (κ1) is 13.8. The summed E-state index contributed by atoms with van der Waals surface area (Å²) in [6.45, 7) is 4.33. The van der Waals surface area contributed by atoms with Crippen LogP contribution in [0.5, 0.6) is 5.75 Å². The van der Waals surface area contributed by atoms with Gasteiger partial charge in [0.15, 0.2) is 0 Å². The Balaban J connectivity index is 2.48. The number of carbonyl (C=O) groups is 1. The fourth-order valence-electron chi connectivity index (χ4n) is 1.20. The van der Waals surface area contributed by atoms with Gasteiger partial charge in [0.25, 0.3) is 0 Å². The van der Waals surface area contributed by atoms with Gasteiger partial charge in [-0.05, 0) is 31.5 Å². The maximum atomic E-state index is 11.5. The Labute approximate surface area is 106 Å². The van der Waals surface area contributed by atoms with Gasteiger partial charge in [0.1, 0.15) is 5.75 Å². The van der Waals surface area contributed by atoms with E-state index in [2.05, 4.69) is 17.6 Å². The van der Waals surface area contributed by atoms with Crippen molar-refractivity contribution in [1.29, 1.82) is 0 Å². The van der Waals surface area contributed by atoms with E-state index in [1.54, 1.807) is 6.07 Å². The van der Waals surface area contributed by atoms with Crippen molar-refractivity contribution in [1.82, 2.24) is 5.32 Å². The summed E-state index contributed by atoms with van der Waals surface area (Å²) in [6.07, 6.45) is 0.971. The number of rotatable bonds is 5. The summed E-state index contributed by atoms with van der Waals surface area (Å²) in [5.74, 6) is -0.130. The van der Waals surface area contributed by atoms with E-state index in [4.69, 9.17) is 11.6 Å². The molecule has 0 bridgehead atoms. The van der Waals surface area contributed by atoms with Crippen LogP contribution in [0.3, 0.4) is 0 Å². The number of anilines is 1. The van der Waals surface area contributed by atoms with Crippen molar-refractivity contribution in [2.24, 2.45) is 0 Å². The van der Waals surface area contributed by atoms with Gasteiger partial charge in [-0.15, -0.1) is 0 Å². The molecule has 1 amide bonds. The molecule has 1 aromatic rings. The Hall–Kier alpha value is -1.26. The van der Waals surface area contributed by atoms with Crippen molar-refractivity contribution in [2.75, 3.05) is 11.9 Å². The minimum absolute atomic E-state index is 0.00222. The smallest absolute Gasteiger partial charge is 0.238 e. The van der Waals surface area contributed by atoms with Gasteiger partial charge >= 0.3 is 0 Å². The second kappa shape index (κ2) is 6.47. The van der Waals surface area contributed by atoms with Crippen molar-refractivity contribution >= 4 is 23.2 Å². The second-order valence-corrected chi connectivity index (χ2v) is 4.31. The van der Waals surface area contributed by atoms with Crippen LogP contribution < -0.4 is 10.6 Å². The third kappa shape index (κ3) is 4.63. The quantitative estimate of drug-likeness (QED) is 0.709. The molecule has 0 aliphatic heterocycles. The monoisotopic (exact) mass is 256 g/mol. The van der Waals surface area contributed by atoms with Crippen LogP contribution in [-0.2, 0) is 4.79 Å². The van der Waals surface area contributed by atoms with E-state index in [-0.39, 0.29) is 23.2 Å². The molecule has 0 aromatic heterocycles. The molecule has 0 fully saturated rings. The van der Waals surface area contributed by atoms with Gasteiger partial charge in [-0.1, -0.05) is 18.5 Å². The fourth-order valence-corrected chi connectivity index (χ4v) is 1.38. The first-order chi connectivity index (χ1) is 8.02. The van der Waals surface area contributed by atoms with Crippen LogP contribution >= 0.6 is 11.6 Å². The van der Waals surface area contributed by atoms with E-state index in [1.165, 1.54) is 12.1 Å².